The summed E-state index contributed by atoms with van der Waals surface area (Å²) in [5.41, 5.74) is 11.2. The van der Waals surface area contributed by atoms with Crippen molar-refractivity contribution in [2.24, 2.45) is 0 Å². The van der Waals surface area contributed by atoms with Crippen LogP contribution in [0, 0.1) is 10.1 Å². The highest BCUT2D eigenvalue weighted by atomic mass is 16.6. The molecule has 0 fully saturated rings. The Bertz CT molecular complexity index is 1450. The molecule has 2 N–H and O–H groups in total. The van der Waals surface area contributed by atoms with Gasteiger partial charge in [-0.15, -0.1) is 0 Å². The van der Waals surface area contributed by atoms with Crippen LogP contribution in [-0.2, 0) is 13.2 Å². The van der Waals surface area contributed by atoms with E-state index < -0.39 is 4.92 Å². The Morgan fingerprint density at radius 3 is 2.60 bits per heavy atom. The number of fused-ring (bicyclic) bond motifs is 1. The number of nitrogens with zero attached hydrogens (tertiary/aromatic N) is 4. The van der Waals surface area contributed by atoms with E-state index in [0.717, 1.165) is 33.8 Å². The molecule has 9 heteroatoms. The summed E-state index contributed by atoms with van der Waals surface area (Å²) in [5.74, 6) is 0.791. The number of rotatable bonds is 9. The molecule has 0 aliphatic rings. The smallest absolute Gasteiger partial charge is 0.271 e. The van der Waals surface area contributed by atoms with Gasteiger partial charge in [0.1, 0.15) is 12.4 Å². The lowest BCUT2D eigenvalue weighted by atomic mass is 10.1. The highest BCUT2D eigenvalue weighted by molar-refractivity contribution is 5.77. The fourth-order valence-corrected chi connectivity index (χ4v) is 3.61. The number of hydrazine groups is 1. The Morgan fingerprint density at radius 2 is 1.80 bits per heavy atom. The van der Waals surface area contributed by atoms with Crippen LogP contribution in [0.5, 0.6) is 5.75 Å². The van der Waals surface area contributed by atoms with E-state index in [0.29, 0.717) is 18.8 Å². The Balaban J connectivity index is 1.26. The van der Waals surface area contributed by atoms with Gasteiger partial charge in [0.2, 0.25) is 0 Å². The molecule has 0 atom stereocenters. The van der Waals surface area contributed by atoms with Gasteiger partial charge in [-0.25, -0.2) is 14.9 Å². The molecule has 0 spiro atoms. The molecule has 2 heterocycles. The number of non-ortho nitro benzene ring substituents is 1. The molecule has 174 valence electrons. The Labute approximate surface area is 201 Å². The molecular formula is C26H22N6O3. The Kier molecular flexibility index (Phi) is 6.31. The van der Waals surface area contributed by atoms with Crippen molar-refractivity contribution in [3.05, 3.63) is 119 Å². The summed E-state index contributed by atoms with van der Waals surface area (Å²) < 4.78 is 7.61. The summed E-state index contributed by atoms with van der Waals surface area (Å²) in [6.07, 6.45) is 3.65. The van der Waals surface area contributed by atoms with Crippen LogP contribution in [-0.4, -0.2) is 19.5 Å². The van der Waals surface area contributed by atoms with Crippen LogP contribution in [0.15, 0.2) is 97.3 Å². The second-order valence-electron chi connectivity index (χ2n) is 7.83. The van der Waals surface area contributed by atoms with Crippen LogP contribution in [0.3, 0.4) is 0 Å². The zero-order valence-electron chi connectivity index (χ0n) is 18.7. The maximum atomic E-state index is 10.9. The van der Waals surface area contributed by atoms with Crippen molar-refractivity contribution < 1.29 is 9.66 Å². The van der Waals surface area contributed by atoms with Crippen molar-refractivity contribution in [2.45, 2.75) is 13.2 Å². The minimum absolute atomic E-state index is 0.0248. The molecule has 0 radical (unpaired) electrons. The van der Waals surface area contributed by atoms with Crippen molar-refractivity contribution in [2.75, 3.05) is 5.43 Å². The molecule has 0 unspecified atom stereocenters. The van der Waals surface area contributed by atoms with Gasteiger partial charge in [0, 0.05) is 23.9 Å². The topological polar surface area (TPSA) is 107 Å². The van der Waals surface area contributed by atoms with Crippen LogP contribution in [0.1, 0.15) is 11.3 Å². The highest BCUT2D eigenvalue weighted by Gasteiger charge is 2.10. The summed E-state index contributed by atoms with van der Waals surface area (Å²) in [5, 5.41) is 15.4. The van der Waals surface area contributed by atoms with Crippen molar-refractivity contribution in [3.63, 3.8) is 0 Å². The predicted molar refractivity (Wildman–Crippen MR) is 133 cm³/mol. The third kappa shape index (κ3) is 5.26. The number of aromatic nitrogens is 3. The molecule has 9 nitrogen and oxygen atoms in total. The molecule has 3 aromatic carbocycles. The highest BCUT2D eigenvalue weighted by Crippen LogP contribution is 2.26. The number of hydrogen-bond donors (Lipinski definition) is 2. The van der Waals surface area contributed by atoms with E-state index in [-0.39, 0.29) is 5.69 Å². The van der Waals surface area contributed by atoms with Gasteiger partial charge in [0.25, 0.3) is 5.69 Å². The van der Waals surface area contributed by atoms with Gasteiger partial charge >= 0.3 is 0 Å². The van der Waals surface area contributed by atoms with E-state index in [4.69, 9.17) is 9.72 Å². The number of nitrogens with one attached hydrogen (secondary N) is 2. The fraction of sp³-hybridized carbons (Fsp3) is 0.0769. The number of anilines is 1. The number of hydrogen-bond acceptors (Lipinski definition) is 7. The van der Waals surface area contributed by atoms with E-state index >= 15 is 0 Å². The number of nitro benzene ring substituents is 1. The molecule has 35 heavy (non-hydrogen) atoms. The molecular weight excluding hydrogens is 444 g/mol. The van der Waals surface area contributed by atoms with Gasteiger partial charge in [0.05, 0.1) is 29.0 Å². The Morgan fingerprint density at radius 1 is 0.971 bits per heavy atom. The SMILES string of the molecule is O=[N+]([O-])c1cccc(NNCc2ccn3ncc(-c4ccc(OCc5ccccc5)cc4)c3n2)c1. The molecule has 0 bridgehead atoms. The first kappa shape index (κ1) is 22.1. The maximum absolute atomic E-state index is 10.9. The first-order chi connectivity index (χ1) is 17.2. The lowest BCUT2D eigenvalue weighted by Gasteiger charge is -2.09. The van der Waals surface area contributed by atoms with Crippen molar-refractivity contribution in [3.8, 4) is 16.9 Å². The van der Waals surface area contributed by atoms with E-state index in [2.05, 4.69) is 16.0 Å². The standard InChI is InChI=1S/C26H22N6O3/c33-32(34)23-8-4-7-21(15-23)30-27-16-22-13-14-31-26(29-22)25(17-28-31)20-9-11-24(12-10-20)35-18-19-5-2-1-3-6-19/h1-15,17,27,30H,16,18H2. The minimum atomic E-state index is -0.427. The van der Waals surface area contributed by atoms with Gasteiger partial charge in [-0.1, -0.05) is 48.5 Å². The lowest BCUT2D eigenvalue weighted by molar-refractivity contribution is -0.384. The lowest BCUT2D eigenvalue weighted by Crippen LogP contribution is -2.21. The zero-order chi connectivity index (χ0) is 24.0. The molecule has 0 saturated carbocycles. The molecule has 2 aromatic heterocycles. The fourth-order valence-electron chi connectivity index (χ4n) is 3.61. The third-order valence-electron chi connectivity index (χ3n) is 5.40. The summed E-state index contributed by atoms with van der Waals surface area (Å²) in [6.45, 7) is 0.926. The van der Waals surface area contributed by atoms with Gasteiger partial charge in [-0.05, 0) is 35.4 Å². The van der Waals surface area contributed by atoms with Gasteiger partial charge in [0.15, 0.2) is 5.65 Å². The number of ether oxygens (including phenoxy) is 1. The van der Waals surface area contributed by atoms with Gasteiger partial charge < -0.3 is 10.2 Å². The maximum Gasteiger partial charge on any atom is 0.271 e. The molecule has 0 aliphatic carbocycles. The molecule has 5 rings (SSSR count). The quantitative estimate of drug-likeness (QED) is 0.233. The average molecular weight is 467 g/mol. The summed E-state index contributed by atoms with van der Waals surface area (Å²) in [7, 11) is 0. The molecule has 0 saturated heterocycles. The van der Waals surface area contributed by atoms with Crippen LogP contribution < -0.4 is 15.6 Å². The van der Waals surface area contributed by atoms with E-state index in [1.807, 2.05) is 66.9 Å². The van der Waals surface area contributed by atoms with Crippen molar-refractivity contribution in [1.82, 2.24) is 20.0 Å². The molecule has 0 aliphatic heterocycles. The average Bonchev–Trinajstić information content (AvgIpc) is 3.32. The number of nitro groups is 1. The van der Waals surface area contributed by atoms with E-state index in [1.54, 1.807) is 22.8 Å². The summed E-state index contributed by atoms with van der Waals surface area (Å²) in [6, 6.07) is 26.1. The van der Waals surface area contributed by atoms with E-state index in [1.165, 1.54) is 12.1 Å². The summed E-state index contributed by atoms with van der Waals surface area (Å²) in [4.78, 5) is 15.3. The van der Waals surface area contributed by atoms with Crippen molar-refractivity contribution >= 4 is 17.0 Å². The molecule has 0 amide bonds. The second-order valence-corrected chi connectivity index (χ2v) is 7.83. The number of benzene rings is 3. The van der Waals surface area contributed by atoms with Crippen LogP contribution in [0.25, 0.3) is 16.8 Å². The Hall–Kier alpha value is -4.76. The second kappa shape index (κ2) is 10.0. The monoisotopic (exact) mass is 466 g/mol. The molecule has 5 aromatic rings. The first-order valence-electron chi connectivity index (χ1n) is 11.0. The predicted octanol–water partition coefficient (Wildman–Crippen LogP) is 5.00. The van der Waals surface area contributed by atoms with E-state index in [9.17, 15) is 10.1 Å². The summed E-state index contributed by atoms with van der Waals surface area (Å²) >= 11 is 0. The van der Waals surface area contributed by atoms with Gasteiger partial charge in [-0.2, -0.15) is 5.10 Å². The largest absolute Gasteiger partial charge is 0.489 e. The van der Waals surface area contributed by atoms with Gasteiger partial charge in [-0.3, -0.25) is 10.1 Å². The van der Waals surface area contributed by atoms with Crippen molar-refractivity contribution in [1.29, 1.82) is 0 Å². The zero-order valence-corrected chi connectivity index (χ0v) is 18.7. The minimum Gasteiger partial charge on any atom is -0.489 e. The normalized spacial score (nSPS) is 10.9. The van der Waals surface area contributed by atoms with Crippen LogP contribution in [0.4, 0.5) is 11.4 Å². The first-order valence-corrected chi connectivity index (χ1v) is 11.0. The van der Waals surface area contributed by atoms with Crippen LogP contribution in [0.2, 0.25) is 0 Å². The van der Waals surface area contributed by atoms with Crippen LogP contribution >= 0.6 is 0 Å². The third-order valence-corrected chi connectivity index (χ3v) is 5.40.